The molecule has 34 heavy (non-hydrogen) atoms. The summed E-state index contributed by atoms with van der Waals surface area (Å²) in [7, 11) is 0. The van der Waals surface area contributed by atoms with Crippen molar-refractivity contribution in [1.29, 1.82) is 0 Å². The lowest BCUT2D eigenvalue weighted by molar-refractivity contribution is 0.512. The maximum atomic E-state index is 13.2. The molecule has 0 radical (unpaired) electrons. The molecule has 0 aliphatic heterocycles. The Morgan fingerprint density at radius 1 is 0.971 bits per heavy atom. The first-order valence-electron chi connectivity index (χ1n) is 11.4. The largest absolute Gasteiger partial charge is 0.309 e. The zero-order chi connectivity index (χ0) is 23.8. The van der Waals surface area contributed by atoms with E-state index in [1.807, 2.05) is 53.8 Å². The molecule has 0 aliphatic carbocycles. The van der Waals surface area contributed by atoms with Gasteiger partial charge in [0.2, 0.25) is 5.78 Å². The van der Waals surface area contributed by atoms with E-state index >= 15 is 0 Å². The highest BCUT2D eigenvalue weighted by molar-refractivity contribution is 7.98. The van der Waals surface area contributed by atoms with Crippen LogP contribution in [0.4, 0.5) is 0 Å². The molecule has 0 amide bonds. The lowest BCUT2D eigenvalue weighted by Gasteiger charge is -2.13. The SMILES string of the molecule is CC(C)CCn1c(=O)c2ccccc2n2c(CS[C@@H](C)c3nc4ccccc4c(=O)[nH]3)nnc12. The van der Waals surface area contributed by atoms with E-state index in [-0.39, 0.29) is 16.4 Å². The van der Waals surface area contributed by atoms with Gasteiger partial charge in [-0.3, -0.25) is 18.6 Å². The van der Waals surface area contributed by atoms with Crippen molar-refractivity contribution in [2.24, 2.45) is 5.92 Å². The van der Waals surface area contributed by atoms with Crippen LogP contribution in [0.25, 0.3) is 27.6 Å². The minimum atomic E-state index is -0.138. The van der Waals surface area contributed by atoms with Crippen molar-refractivity contribution in [1.82, 2.24) is 29.1 Å². The van der Waals surface area contributed by atoms with Gasteiger partial charge in [-0.25, -0.2) is 4.98 Å². The van der Waals surface area contributed by atoms with E-state index in [0.29, 0.717) is 46.1 Å². The topological polar surface area (TPSA) is 97.9 Å². The Bertz CT molecular complexity index is 1620. The molecule has 0 spiro atoms. The van der Waals surface area contributed by atoms with E-state index in [2.05, 4.69) is 34.0 Å². The van der Waals surface area contributed by atoms with Gasteiger partial charge in [-0.15, -0.1) is 22.0 Å². The summed E-state index contributed by atoms with van der Waals surface area (Å²) in [6, 6.07) is 14.9. The lowest BCUT2D eigenvalue weighted by Crippen LogP contribution is -2.24. The maximum absolute atomic E-state index is 13.2. The molecule has 8 nitrogen and oxygen atoms in total. The fourth-order valence-electron chi connectivity index (χ4n) is 4.07. The summed E-state index contributed by atoms with van der Waals surface area (Å²) in [5.41, 5.74) is 1.30. The van der Waals surface area contributed by atoms with E-state index in [9.17, 15) is 9.59 Å². The van der Waals surface area contributed by atoms with Crippen LogP contribution < -0.4 is 11.1 Å². The number of nitrogens with zero attached hydrogens (tertiary/aromatic N) is 5. The standard InChI is InChI=1S/C25H26N6O2S/c1-15(2)12-13-30-24(33)18-9-5-7-11-20(18)31-21(28-29-25(30)31)14-34-16(3)22-26-19-10-6-4-8-17(19)23(32)27-22/h4-11,15-16H,12-14H2,1-3H3,(H,26,27,32)/t16-/m0/s1. The maximum Gasteiger partial charge on any atom is 0.262 e. The molecule has 0 bridgehead atoms. The van der Waals surface area contributed by atoms with Crippen molar-refractivity contribution >= 4 is 39.3 Å². The van der Waals surface area contributed by atoms with Gasteiger partial charge in [-0.1, -0.05) is 38.1 Å². The van der Waals surface area contributed by atoms with Gasteiger partial charge in [0.05, 0.1) is 32.8 Å². The quantitative estimate of drug-likeness (QED) is 0.377. The van der Waals surface area contributed by atoms with Crippen molar-refractivity contribution in [3.63, 3.8) is 0 Å². The molecule has 3 aromatic heterocycles. The molecule has 0 saturated heterocycles. The Morgan fingerprint density at radius 2 is 1.71 bits per heavy atom. The molecular formula is C25H26N6O2S. The van der Waals surface area contributed by atoms with Gasteiger partial charge >= 0.3 is 0 Å². The second-order valence-corrected chi connectivity index (χ2v) is 10.2. The summed E-state index contributed by atoms with van der Waals surface area (Å²) < 4.78 is 3.71. The second-order valence-electron chi connectivity index (χ2n) is 8.83. The predicted molar refractivity (Wildman–Crippen MR) is 136 cm³/mol. The molecule has 5 aromatic rings. The first kappa shape index (κ1) is 22.3. The normalized spacial score (nSPS) is 12.8. The Balaban J connectivity index is 1.51. The highest BCUT2D eigenvalue weighted by Gasteiger charge is 2.18. The zero-order valence-corrected chi connectivity index (χ0v) is 20.2. The summed E-state index contributed by atoms with van der Waals surface area (Å²) in [6.45, 7) is 6.88. The number of aryl methyl sites for hydroxylation is 1. The summed E-state index contributed by atoms with van der Waals surface area (Å²) in [4.78, 5) is 33.2. The number of benzene rings is 2. The molecule has 9 heteroatoms. The van der Waals surface area contributed by atoms with Crippen molar-refractivity contribution in [2.45, 2.75) is 44.7 Å². The van der Waals surface area contributed by atoms with E-state index < -0.39 is 0 Å². The van der Waals surface area contributed by atoms with Crippen molar-refractivity contribution < 1.29 is 0 Å². The number of hydrogen-bond donors (Lipinski definition) is 1. The van der Waals surface area contributed by atoms with E-state index in [1.54, 1.807) is 22.4 Å². The highest BCUT2D eigenvalue weighted by atomic mass is 32.2. The molecule has 1 N–H and O–H groups in total. The van der Waals surface area contributed by atoms with Crippen LogP contribution in [0.15, 0.2) is 58.1 Å². The van der Waals surface area contributed by atoms with E-state index in [0.717, 1.165) is 17.8 Å². The zero-order valence-electron chi connectivity index (χ0n) is 19.4. The summed E-state index contributed by atoms with van der Waals surface area (Å²) in [6.07, 6.45) is 0.878. The summed E-state index contributed by atoms with van der Waals surface area (Å²) in [5, 5.41) is 10.0. The van der Waals surface area contributed by atoms with Crippen LogP contribution in [0.1, 0.15) is 44.1 Å². The van der Waals surface area contributed by atoms with Crippen molar-refractivity contribution in [3.05, 3.63) is 80.9 Å². The van der Waals surface area contributed by atoms with Crippen LogP contribution >= 0.6 is 11.8 Å². The number of H-pyrrole nitrogens is 1. The van der Waals surface area contributed by atoms with Crippen LogP contribution in [0.5, 0.6) is 0 Å². The third-order valence-corrected chi connectivity index (χ3v) is 7.13. The first-order valence-corrected chi connectivity index (χ1v) is 12.4. The summed E-state index contributed by atoms with van der Waals surface area (Å²) in [5.74, 6) is 2.95. The van der Waals surface area contributed by atoms with E-state index in [4.69, 9.17) is 0 Å². The molecule has 1 atom stereocenters. The Morgan fingerprint density at radius 3 is 2.50 bits per heavy atom. The Labute approximate surface area is 200 Å². The molecule has 2 aromatic carbocycles. The number of hydrogen-bond acceptors (Lipinski definition) is 6. The molecule has 3 heterocycles. The number of aromatic nitrogens is 6. The lowest BCUT2D eigenvalue weighted by atomic mass is 10.1. The predicted octanol–water partition coefficient (Wildman–Crippen LogP) is 4.32. The molecule has 0 saturated carbocycles. The third-order valence-electron chi connectivity index (χ3n) is 5.98. The van der Waals surface area contributed by atoms with Crippen LogP contribution in [-0.2, 0) is 12.3 Å². The molecule has 174 valence electrons. The fraction of sp³-hybridized carbons (Fsp3) is 0.320. The van der Waals surface area contributed by atoms with Gasteiger partial charge in [0.15, 0.2) is 0 Å². The molecule has 0 unspecified atom stereocenters. The number of para-hydroxylation sites is 2. The number of nitrogens with one attached hydrogen (secondary N) is 1. The van der Waals surface area contributed by atoms with Crippen LogP contribution in [0.2, 0.25) is 0 Å². The van der Waals surface area contributed by atoms with Gasteiger partial charge in [0.1, 0.15) is 11.6 Å². The minimum absolute atomic E-state index is 0.0401. The highest BCUT2D eigenvalue weighted by Crippen LogP contribution is 2.29. The first-order chi connectivity index (χ1) is 16.4. The van der Waals surface area contributed by atoms with Crippen LogP contribution in [0, 0.1) is 5.92 Å². The number of fused-ring (bicyclic) bond motifs is 4. The van der Waals surface area contributed by atoms with Crippen molar-refractivity contribution in [2.75, 3.05) is 0 Å². The molecule has 0 aliphatic rings. The van der Waals surface area contributed by atoms with Crippen molar-refractivity contribution in [3.8, 4) is 0 Å². The summed E-state index contributed by atoms with van der Waals surface area (Å²) >= 11 is 1.61. The van der Waals surface area contributed by atoms with Crippen LogP contribution in [-0.4, -0.2) is 29.1 Å². The van der Waals surface area contributed by atoms with Gasteiger partial charge in [0, 0.05) is 6.54 Å². The molecular weight excluding hydrogens is 448 g/mol. The van der Waals surface area contributed by atoms with Gasteiger partial charge in [0.25, 0.3) is 11.1 Å². The monoisotopic (exact) mass is 474 g/mol. The number of aromatic amines is 1. The third kappa shape index (κ3) is 4.00. The molecule has 0 fully saturated rings. The molecule has 5 rings (SSSR count). The van der Waals surface area contributed by atoms with Gasteiger partial charge < -0.3 is 4.98 Å². The van der Waals surface area contributed by atoms with Gasteiger partial charge in [-0.05, 0) is 43.5 Å². The Kier molecular flexibility index (Phi) is 5.95. The number of thioether (sulfide) groups is 1. The van der Waals surface area contributed by atoms with Crippen LogP contribution in [0.3, 0.4) is 0 Å². The Hall–Kier alpha value is -3.46. The smallest absolute Gasteiger partial charge is 0.262 e. The van der Waals surface area contributed by atoms with E-state index in [1.165, 1.54) is 0 Å². The minimum Gasteiger partial charge on any atom is -0.309 e. The number of rotatable bonds is 7. The second kappa shape index (κ2) is 9.06. The van der Waals surface area contributed by atoms with Gasteiger partial charge in [-0.2, -0.15) is 0 Å². The fourth-order valence-corrected chi connectivity index (χ4v) is 4.93. The average molecular weight is 475 g/mol. The average Bonchev–Trinajstić information content (AvgIpc) is 3.26.